The first kappa shape index (κ1) is 14.8. The summed E-state index contributed by atoms with van der Waals surface area (Å²) in [5, 5.41) is 11.8. The molecule has 0 saturated heterocycles. The lowest BCUT2D eigenvalue weighted by Crippen LogP contribution is -2.34. The van der Waals surface area contributed by atoms with Crippen LogP contribution in [0.15, 0.2) is 6.20 Å². The van der Waals surface area contributed by atoms with Gasteiger partial charge in [-0.15, -0.1) is 0 Å². The normalized spacial score (nSPS) is 11.7. The molecule has 0 radical (unpaired) electrons. The van der Waals surface area contributed by atoms with Crippen LogP contribution in [-0.2, 0) is 9.53 Å². The minimum absolute atomic E-state index is 0.104. The van der Waals surface area contributed by atoms with Crippen molar-refractivity contribution in [3.05, 3.63) is 17.5 Å². The van der Waals surface area contributed by atoms with E-state index in [0.717, 1.165) is 0 Å². The van der Waals surface area contributed by atoms with Gasteiger partial charge in [-0.1, -0.05) is 0 Å². The highest BCUT2D eigenvalue weighted by Gasteiger charge is 2.14. The number of aryl methyl sites for hydroxylation is 1. The molecule has 0 aromatic carbocycles. The number of aliphatic hydroxyl groups is 1. The van der Waals surface area contributed by atoms with Gasteiger partial charge in [-0.25, -0.2) is 14.8 Å². The average Bonchev–Trinajstić information content (AvgIpc) is 2.36. The molecule has 1 atom stereocenters. The SMILES string of the molecule is CCOC(=O)c1cnc(NCC(O)C(N)=O)nc1C. The number of nitrogens with one attached hydrogen (secondary N) is 1. The minimum atomic E-state index is -1.33. The molecule has 0 bridgehead atoms. The molecule has 104 valence electrons. The van der Waals surface area contributed by atoms with Gasteiger partial charge in [0, 0.05) is 6.20 Å². The van der Waals surface area contributed by atoms with Crippen LogP contribution in [0.25, 0.3) is 0 Å². The van der Waals surface area contributed by atoms with Gasteiger partial charge in [0.1, 0.15) is 6.10 Å². The van der Waals surface area contributed by atoms with E-state index in [0.29, 0.717) is 5.69 Å². The molecule has 1 amide bonds. The largest absolute Gasteiger partial charge is 0.462 e. The maximum Gasteiger partial charge on any atom is 0.341 e. The van der Waals surface area contributed by atoms with Gasteiger partial charge < -0.3 is 20.9 Å². The summed E-state index contributed by atoms with van der Waals surface area (Å²) in [5.41, 5.74) is 5.60. The molecule has 0 aliphatic heterocycles. The molecule has 1 aromatic heterocycles. The van der Waals surface area contributed by atoms with Gasteiger partial charge in [-0.2, -0.15) is 0 Å². The highest BCUT2D eigenvalue weighted by Crippen LogP contribution is 2.08. The topological polar surface area (TPSA) is 127 Å². The second kappa shape index (κ2) is 6.64. The molecule has 1 rings (SSSR count). The minimum Gasteiger partial charge on any atom is -0.462 e. The van der Waals surface area contributed by atoms with Gasteiger partial charge in [-0.05, 0) is 13.8 Å². The van der Waals surface area contributed by atoms with Crippen molar-refractivity contribution in [2.45, 2.75) is 20.0 Å². The van der Waals surface area contributed by atoms with E-state index in [1.165, 1.54) is 6.20 Å². The summed E-state index contributed by atoms with van der Waals surface area (Å²) in [7, 11) is 0. The highest BCUT2D eigenvalue weighted by molar-refractivity contribution is 5.90. The maximum absolute atomic E-state index is 11.5. The van der Waals surface area contributed by atoms with Crippen LogP contribution in [-0.4, -0.2) is 46.2 Å². The molecule has 0 fully saturated rings. The molecule has 1 heterocycles. The molecular formula is C11H16N4O4. The number of rotatable bonds is 6. The zero-order valence-corrected chi connectivity index (χ0v) is 10.7. The Hall–Kier alpha value is -2.22. The molecule has 0 aliphatic carbocycles. The van der Waals surface area contributed by atoms with Gasteiger partial charge in [-0.3, -0.25) is 4.79 Å². The third kappa shape index (κ3) is 4.18. The number of primary amides is 1. The average molecular weight is 268 g/mol. The predicted octanol–water partition coefficient (Wildman–Crippen LogP) is -0.780. The zero-order chi connectivity index (χ0) is 14.4. The fourth-order valence-electron chi connectivity index (χ4n) is 1.25. The standard InChI is InChI=1S/C11H16N4O4/c1-3-19-10(18)7-4-13-11(15-6(7)2)14-5-8(16)9(12)17/h4,8,16H,3,5H2,1-2H3,(H2,12,17)(H,13,14,15). The number of ether oxygens (including phenoxy) is 1. The molecule has 0 aliphatic rings. The van der Waals surface area contributed by atoms with Crippen molar-refractivity contribution < 1.29 is 19.4 Å². The summed E-state index contributed by atoms with van der Waals surface area (Å²) in [6.07, 6.45) is -0.00658. The van der Waals surface area contributed by atoms with Crippen molar-refractivity contribution in [2.75, 3.05) is 18.5 Å². The Balaban J connectivity index is 2.71. The van der Waals surface area contributed by atoms with Crippen LogP contribution in [0.2, 0.25) is 0 Å². The first-order valence-electron chi connectivity index (χ1n) is 5.67. The Kier molecular flexibility index (Phi) is 5.19. The summed E-state index contributed by atoms with van der Waals surface area (Å²) in [5.74, 6) is -1.15. The third-order valence-corrected chi connectivity index (χ3v) is 2.26. The molecule has 0 spiro atoms. The number of esters is 1. The predicted molar refractivity (Wildman–Crippen MR) is 66.4 cm³/mol. The van der Waals surface area contributed by atoms with E-state index in [9.17, 15) is 14.7 Å². The zero-order valence-electron chi connectivity index (χ0n) is 10.7. The van der Waals surface area contributed by atoms with E-state index < -0.39 is 18.0 Å². The second-order valence-electron chi connectivity index (χ2n) is 3.71. The number of anilines is 1. The van der Waals surface area contributed by atoms with Crippen molar-refractivity contribution >= 4 is 17.8 Å². The molecule has 19 heavy (non-hydrogen) atoms. The Morgan fingerprint density at radius 1 is 1.58 bits per heavy atom. The summed E-state index contributed by atoms with van der Waals surface area (Å²) >= 11 is 0. The highest BCUT2D eigenvalue weighted by atomic mass is 16.5. The summed E-state index contributed by atoms with van der Waals surface area (Å²) < 4.78 is 4.84. The molecule has 8 heteroatoms. The molecular weight excluding hydrogens is 252 g/mol. The Morgan fingerprint density at radius 3 is 2.79 bits per heavy atom. The van der Waals surface area contributed by atoms with Crippen molar-refractivity contribution in [1.29, 1.82) is 0 Å². The van der Waals surface area contributed by atoms with E-state index in [4.69, 9.17) is 10.5 Å². The Bertz CT molecular complexity index is 478. The lowest BCUT2D eigenvalue weighted by molar-refractivity contribution is -0.125. The van der Waals surface area contributed by atoms with Crippen LogP contribution in [0.3, 0.4) is 0 Å². The first-order valence-corrected chi connectivity index (χ1v) is 5.67. The third-order valence-electron chi connectivity index (χ3n) is 2.26. The van der Waals surface area contributed by atoms with Gasteiger partial charge >= 0.3 is 5.97 Å². The number of hydrogen-bond acceptors (Lipinski definition) is 7. The summed E-state index contributed by atoms with van der Waals surface area (Å²) in [6.45, 7) is 3.50. The Labute approximate surface area is 110 Å². The maximum atomic E-state index is 11.5. The fraction of sp³-hybridized carbons (Fsp3) is 0.455. The van der Waals surface area contributed by atoms with E-state index in [1.807, 2.05) is 0 Å². The van der Waals surface area contributed by atoms with Crippen LogP contribution in [0.1, 0.15) is 23.0 Å². The number of carbonyl (C=O) groups is 2. The lowest BCUT2D eigenvalue weighted by atomic mass is 10.2. The van der Waals surface area contributed by atoms with Crippen molar-refractivity contribution in [3.8, 4) is 0 Å². The summed E-state index contributed by atoms with van der Waals surface area (Å²) in [6, 6.07) is 0. The number of nitrogens with zero attached hydrogens (tertiary/aromatic N) is 2. The number of aromatic nitrogens is 2. The van der Waals surface area contributed by atoms with E-state index >= 15 is 0 Å². The number of amides is 1. The molecule has 0 saturated carbocycles. The van der Waals surface area contributed by atoms with Crippen LogP contribution in [0.4, 0.5) is 5.95 Å². The summed E-state index contributed by atoms with van der Waals surface area (Å²) in [4.78, 5) is 30.1. The lowest BCUT2D eigenvalue weighted by Gasteiger charge is -2.10. The van der Waals surface area contributed by atoms with Gasteiger partial charge in [0.2, 0.25) is 11.9 Å². The van der Waals surface area contributed by atoms with Crippen molar-refractivity contribution in [3.63, 3.8) is 0 Å². The van der Waals surface area contributed by atoms with Crippen molar-refractivity contribution in [2.24, 2.45) is 5.73 Å². The number of carbonyl (C=O) groups excluding carboxylic acids is 2. The number of nitrogens with two attached hydrogens (primary N) is 1. The fourth-order valence-corrected chi connectivity index (χ4v) is 1.25. The van der Waals surface area contributed by atoms with Crippen LogP contribution < -0.4 is 11.1 Å². The number of hydrogen-bond donors (Lipinski definition) is 3. The monoisotopic (exact) mass is 268 g/mol. The molecule has 1 aromatic rings. The molecule has 8 nitrogen and oxygen atoms in total. The van der Waals surface area contributed by atoms with Crippen molar-refractivity contribution in [1.82, 2.24) is 9.97 Å². The molecule has 4 N–H and O–H groups in total. The van der Waals surface area contributed by atoms with E-state index in [-0.39, 0.29) is 24.7 Å². The van der Waals surface area contributed by atoms with E-state index in [1.54, 1.807) is 13.8 Å². The van der Waals surface area contributed by atoms with Gasteiger partial charge in [0.05, 0.1) is 24.4 Å². The van der Waals surface area contributed by atoms with Crippen LogP contribution in [0, 0.1) is 6.92 Å². The van der Waals surface area contributed by atoms with Gasteiger partial charge in [0.25, 0.3) is 0 Å². The van der Waals surface area contributed by atoms with Crippen LogP contribution in [0.5, 0.6) is 0 Å². The Morgan fingerprint density at radius 2 is 2.26 bits per heavy atom. The van der Waals surface area contributed by atoms with Gasteiger partial charge in [0.15, 0.2) is 0 Å². The van der Waals surface area contributed by atoms with E-state index in [2.05, 4.69) is 15.3 Å². The smallest absolute Gasteiger partial charge is 0.341 e. The quantitative estimate of drug-likeness (QED) is 0.577. The number of aliphatic hydroxyl groups excluding tert-OH is 1. The van der Waals surface area contributed by atoms with Crippen LogP contribution >= 0.6 is 0 Å². The molecule has 1 unspecified atom stereocenters. The second-order valence-corrected chi connectivity index (χ2v) is 3.71. The first-order chi connectivity index (χ1) is 8.95.